The smallest absolute Gasteiger partial charge is 0.275 e. The zero-order valence-electron chi connectivity index (χ0n) is 9.59. The summed E-state index contributed by atoms with van der Waals surface area (Å²) >= 11 is 1.37. The zero-order valence-corrected chi connectivity index (χ0v) is 10.4. The second kappa shape index (κ2) is 4.94. The Hall–Kier alpha value is -2.61. The maximum Gasteiger partial charge on any atom is 0.275 e. The van der Waals surface area contributed by atoms with E-state index in [1.165, 1.54) is 22.3 Å². The number of thiazole rings is 1. The fraction of sp³-hybridized carbons (Fsp3) is 0. The summed E-state index contributed by atoms with van der Waals surface area (Å²) in [6, 6.07) is 3.49. The Morgan fingerprint density at radius 1 is 1.32 bits per heavy atom. The lowest BCUT2D eigenvalue weighted by atomic mass is 10.3. The number of aromatic nitrogens is 5. The highest BCUT2D eigenvalue weighted by Gasteiger charge is 2.08. The number of anilines is 1. The van der Waals surface area contributed by atoms with Gasteiger partial charge in [-0.05, 0) is 12.1 Å². The van der Waals surface area contributed by atoms with Crippen LogP contribution in [0.15, 0.2) is 41.9 Å². The van der Waals surface area contributed by atoms with Gasteiger partial charge in [-0.15, -0.1) is 11.3 Å². The van der Waals surface area contributed by atoms with E-state index < -0.39 is 0 Å². The summed E-state index contributed by atoms with van der Waals surface area (Å²) < 4.78 is 1.53. The lowest BCUT2D eigenvalue weighted by Gasteiger charge is -2.04. The number of nitrogens with zero attached hydrogens (tertiary/aromatic N) is 5. The molecule has 0 spiro atoms. The van der Waals surface area contributed by atoms with Crippen molar-refractivity contribution in [3.8, 4) is 5.82 Å². The van der Waals surface area contributed by atoms with Crippen LogP contribution in [0, 0.1) is 0 Å². The first-order valence-corrected chi connectivity index (χ1v) is 6.28. The third-order valence-electron chi connectivity index (χ3n) is 2.32. The highest BCUT2D eigenvalue weighted by molar-refractivity contribution is 7.07. The van der Waals surface area contributed by atoms with Crippen LogP contribution in [0.4, 0.5) is 5.69 Å². The van der Waals surface area contributed by atoms with Gasteiger partial charge in [0.1, 0.15) is 18.3 Å². The van der Waals surface area contributed by atoms with Gasteiger partial charge >= 0.3 is 0 Å². The van der Waals surface area contributed by atoms with Crippen LogP contribution in [0.5, 0.6) is 0 Å². The van der Waals surface area contributed by atoms with Gasteiger partial charge in [-0.1, -0.05) is 0 Å². The van der Waals surface area contributed by atoms with Gasteiger partial charge in [0.05, 0.1) is 17.4 Å². The van der Waals surface area contributed by atoms with E-state index in [2.05, 4.69) is 25.4 Å². The van der Waals surface area contributed by atoms with Crippen molar-refractivity contribution in [2.75, 3.05) is 5.32 Å². The fourth-order valence-electron chi connectivity index (χ4n) is 1.44. The predicted molar refractivity (Wildman–Crippen MR) is 69.2 cm³/mol. The Kier molecular flexibility index (Phi) is 2.99. The Morgan fingerprint density at radius 3 is 2.89 bits per heavy atom. The van der Waals surface area contributed by atoms with E-state index in [0.717, 1.165) is 0 Å². The molecule has 0 aromatic carbocycles. The molecule has 0 atom stereocenters. The van der Waals surface area contributed by atoms with Crippen LogP contribution in [-0.2, 0) is 0 Å². The van der Waals surface area contributed by atoms with Crippen LogP contribution < -0.4 is 5.32 Å². The average Bonchev–Trinajstić information content (AvgIpc) is 3.13. The number of nitrogens with one attached hydrogen (secondary N) is 1. The van der Waals surface area contributed by atoms with Gasteiger partial charge in [-0.25, -0.2) is 19.6 Å². The van der Waals surface area contributed by atoms with E-state index in [4.69, 9.17) is 0 Å². The van der Waals surface area contributed by atoms with Crippen molar-refractivity contribution in [3.63, 3.8) is 0 Å². The minimum Gasteiger partial charge on any atom is -0.319 e. The molecule has 3 rings (SSSR count). The number of rotatable bonds is 3. The molecule has 0 aliphatic rings. The minimum atomic E-state index is -0.253. The van der Waals surface area contributed by atoms with Crippen molar-refractivity contribution in [2.45, 2.75) is 0 Å². The Labute approximate surface area is 112 Å². The molecule has 94 valence electrons. The van der Waals surface area contributed by atoms with Gasteiger partial charge in [-0.2, -0.15) is 5.10 Å². The van der Waals surface area contributed by atoms with Crippen LogP contribution >= 0.6 is 11.3 Å². The van der Waals surface area contributed by atoms with Crippen molar-refractivity contribution < 1.29 is 4.79 Å². The molecule has 0 saturated carbocycles. The molecule has 7 nitrogen and oxygen atoms in total. The van der Waals surface area contributed by atoms with Crippen molar-refractivity contribution in [1.82, 2.24) is 24.7 Å². The Bertz CT molecular complexity index is 662. The third kappa shape index (κ3) is 2.47. The molecule has 1 amide bonds. The number of carbonyl (C=O) groups excluding carboxylic acids is 1. The maximum absolute atomic E-state index is 11.8. The predicted octanol–water partition coefficient (Wildman–Crippen LogP) is 1.37. The van der Waals surface area contributed by atoms with Crippen LogP contribution in [0.3, 0.4) is 0 Å². The molecule has 3 aromatic rings. The topological polar surface area (TPSA) is 85.6 Å². The summed E-state index contributed by atoms with van der Waals surface area (Å²) in [6.07, 6.45) is 4.54. The standard InChI is InChI=1S/C11H8N6OS/c18-11(9-4-19-7-14-9)16-8-1-2-10(13-3-8)17-6-12-5-15-17/h1-7H,(H,16,18). The Morgan fingerprint density at radius 2 is 2.26 bits per heavy atom. The minimum absolute atomic E-state index is 0.253. The summed E-state index contributed by atoms with van der Waals surface area (Å²) in [7, 11) is 0. The molecule has 19 heavy (non-hydrogen) atoms. The molecule has 0 unspecified atom stereocenters. The molecule has 0 fully saturated rings. The highest BCUT2D eigenvalue weighted by atomic mass is 32.1. The van der Waals surface area contributed by atoms with Gasteiger partial charge in [0, 0.05) is 5.38 Å². The highest BCUT2D eigenvalue weighted by Crippen LogP contribution is 2.10. The summed E-state index contributed by atoms with van der Waals surface area (Å²) in [4.78, 5) is 23.7. The lowest BCUT2D eigenvalue weighted by molar-refractivity contribution is 0.102. The second-order valence-electron chi connectivity index (χ2n) is 3.57. The third-order valence-corrected chi connectivity index (χ3v) is 2.91. The molecule has 0 aliphatic carbocycles. The first-order valence-electron chi connectivity index (χ1n) is 5.33. The van der Waals surface area contributed by atoms with E-state index in [-0.39, 0.29) is 5.91 Å². The molecule has 3 heterocycles. The van der Waals surface area contributed by atoms with E-state index in [1.54, 1.807) is 35.5 Å². The average molecular weight is 272 g/mol. The molecule has 0 aliphatic heterocycles. The molecule has 8 heteroatoms. The van der Waals surface area contributed by atoms with Gasteiger partial charge < -0.3 is 5.32 Å². The molecular formula is C11H8N6OS. The fourth-order valence-corrected chi connectivity index (χ4v) is 1.97. The van der Waals surface area contributed by atoms with Gasteiger partial charge in [0.15, 0.2) is 5.82 Å². The zero-order chi connectivity index (χ0) is 13.1. The summed E-state index contributed by atoms with van der Waals surface area (Å²) in [5.41, 5.74) is 2.60. The summed E-state index contributed by atoms with van der Waals surface area (Å²) in [6.45, 7) is 0. The summed E-state index contributed by atoms with van der Waals surface area (Å²) in [5.74, 6) is 0.376. The quantitative estimate of drug-likeness (QED) is 0.778. The van der Waals surface area contributed by atoms with Crippen LogP contribution in [0.2, 0.25) is 0 Å². The molecule has 1 N–H and O–H groups in total. The van der Waals surface area contributed by atoms with Crippen LogP contribution in [0.1, 0.15) is 10.5 Å². The van der Waals surface area contributed by atoms with E-state index >= 15 is 0 Å². The lowest BCUT2D eigenvalue weighted by Crippen LogP contribution is -2.12. The first-order chi connectivity index (χ1) is 9.33. The van der Waals surface area contributed by atoms with E-state index in [9.17, 15) is 4.79 Å². The number of carbonyl (C=O) groups is 1. The first kappa shape index (κ1) is 11.5. The second-order valence-corrected chi connectivity index (χ2v) is 4.29. The largest absolute Gasteiger partial charge is 0.319 e. The molecule has 0 radical (unpaired) electrons. The molecule has 3 aromatic heterocycles. The van der Waals surface area contributed by atoms with Crippen molar-refractivity contribution in [3.05, 3.63) is 47.6 Å². The Balaban J connectivity index is 1.75. The van der Waals surface area contributed by atoms with Crippen LogP contribution in [0.25, 0.3) is 5.82 Å². The van der Waals surface area contributed by atoms with Gasteiger partial charge in [-0.3, -0.25) is 4.79 Å². The molecule has 0 bridgehead atoms. The number of pyridine rings is 1. The van der Waals surface area contributed by atoms with Gasteiger partial charge in [0.2, 0.25) is 0 Å². The van der Waals surface area contributed by atoms with Crippen molar-refractivity contribution in [1.29, 1.82) is 0 Å². The number of hydrogen-bond acceptors (Lipinski definition) is 6. The number of hydrogen-bond donors (Lipinski definition) is 1. The van der Waals surface area contributed by atoms with Crippen molar-refractivity contribution >= 4 is 22.9 Å². The molecular weight excluding hydrogens is 264 g/mol. The normalized spacial score (nSPS) is 10.3. The van der Waals surface area contributed by atoms with Crippen molar-refractivity contribution in [2.24, 2.45) is 0 Å². The summed E-state index contributed by atoms with van der Waals surface area (Å²) in [5, 5.41) is 8.37. The van der Waals surface area contributed by atoms with Gasteiger partial charge in [0.25, 0.3) is 5.91 Å². The maximum atomic E-state index is 11.8. The SMILES string of the molecule is O=C(Nc1ccc(-n2cncn2)nc1)c1cscn1. The molecule has 0 saturated heterocycles. The van der Waals surface area contributed by atoms with E-state index in [1.807, 2.05) is 0 Å². The van der Waals surface area contributed by atoms with Crippen LogP contribution in [-0.4, -0.2) is 30.6 Å². The monoisotopic (exact) mass is 272 g/mol. The van der Waals surface area contributed by atoms with E-state index in [0.29, 0.717) is 17.2 Å². The number of amides is 1.